The summed E-state index contributed by atoms with van der Waals surface area (Å²) in [6.45, 7) is 1.89. The van der Waals surface area contributed by atoms with Crippen LogP contribution in [0.4, 0.5) is 0 Å². The minimum Gasteiger partial charge on any atom is -0.465 e. The molecule has 0 atom stereocenters. The number of H-pyrrole nitrogens is 1. The largest absolute Gasteiger partial charge is 0.465 e. The maximum absolute atomic E-state index is 12.6. The molecule has 6 nitrogen and oxygen atoms in total. The van der Waals surface area contributed by atoms with E-state index in [1.165, 1.54) is 17.7 Å². The van der Waals surface area contributed by atoms with E-state index >= 15 is 0 Å². The van der Waals surface area contributed by atoms with Crippen LogP contribution >= 0.6 is 11.6 Å². The molecule has 28 heavy (non-hydrogen) atoms. The lowest BCUT2D eigenvalue weighted by Crippen LogP contribution is -2.14. The number of hydrogen-bond donors (Lipinski definition) is 1. The number of halogens is 1. The summed E-state index contributed by atoms with van der Waals surface area (Å²) in [4.78, 5) is 27.5. The van der Waals surface area contributed by atoms with Crippen LogP contribution in [0.3, 0.4) is 0 Å². The van der Waals surface area contributed by atoms with Crippen molar-refractivity contribution in [2.75, 3.05) is 7.11 Å². The average molecular weight is 394 g/mol. The molecule has 2 heterocycles. The molecular formula is C21H16ClN3O3. The molecule has 0 spiro atoms. The van der Waals surface area contributed by atoms with E-state index in [9.17, 15) is 9.59 Å². The van der Waals surface area contributed by atoms with Crippen molar-refractivity contribution in [3.63, 3.8) is 0 Å². The van der Waals surface area contributed by atoms with E-state index in [1.807, 2.05) is 25.1 Å². The molecule has 1 N–H and O–H groups in total. The summed E-state index contributed by atoms with van der Waals surface area (Å²) in [5, 5.41) is 5.02. The molecular weight excluding hydrogens is 378 g/mol. The topological polar surface area (TPSA) is 76.5 Å². The molecule has 0 saturated carbocycles. The lowest BCUT2D eigenvalue weighted by atomic mass is 10.1. The molecule has 0 amide bonds. The highest BCUT2D eigenvalue weighted by Crippen LogP contribution is 2.30. The van der Waals surface area contributed by atoms with Gasteiger partial charge in [-0.15, -0.1) is 0 Å². The summed E-state index contributed by atoms with van der Waals surface area (Å²) in [6, 6.07) is 15.7. The minimum atomic E-state index is -0.411. The lowest BCUT2D eigenvalue weighted by molar-refractivity contribution is 0.0601. The Bertz CT molecular complexity index is 1260. The van der Waals surface area contributed by atoms with Crippen LogP contribution in [-0.4, -0.2) is 27.7 Å². The van der Waals surface area contributed by atoms with E-state index in [2.05, 4.69) is 10.1 Å². The predicted octanol–water partition coefficient (Wildman–Crippen LogP) is 4.11. The van der Waals surface area contributed by atoms with Crippen LogP contribution in [-0.2, 0) is 4.74 Å². The number of esters is 1. The van der Waals surface area contributed by atoms with E-state index in [4.69, 9.17) is 16.3 Å². The number of nitrogens with one attached hydrogen (secondary N) is 1. The van der Waals surface area contributed by atoms with Crippen molar-refractivity contribution in [2.24, 2.45) is 0 Å². The Morgan fingerprint density at radius 1 is 1.14 bits per heavy atom. The molecule has 0 unspecified atom stereocenters. The van der Waals surface area contributed by atoms with Crippen LogP contribution in [0.2, 0.25) is 5.02 Å². The van der Waals surface area contributed by atoms with Crippen molar-refractivity contribution in [3.05, 3.63) is 81.1 Å². The number of methoxy groups -OCH3 is 1. The quantitative estimate of drug-likeness (QED) is 0.531. The summed E-state index contributed by atoms with van der Waals surface area (Å²) in [6.07, 6.45) is 0. The number of benzene rings is 2. The van der Waals surface area contributed by atoms with Gasteiger partial charge in [-0.05, 0) is 30.7 Å². The van der Waals surface area contributed by atoms with E-state index in [-0.39, 0.29) is 5.56 Å². The molecule has 0 saturated heterocycles. The second kappa shape index (κ2) is 6.98. The van der Waals surface area contributed by atoms with Crippen molar-refractivity contribution in [3.8, 4) is 22.5 Å². The normalized spacial score (nSPS) is 11.0. The number of carbonyl (C=O) groups excluding carboxylic acids is 1. The van der Waals surface area contributed by atoms with Crippen LogP contribution in [0, 0.1) is 6.92 Å². The number of fused-ring (bicyclic) bond motifs is 1. The fourth-order valence-corrected chi connectivity index (χ4v) is 3.34. The first-order chi connectivity index (χ1) is 13.5. The number of aryl methyl sites for hydroxylation is 1. The summed E-state index contributed by atoms with van der Waals surface area (Å²) in [5.74, 6) is -0.411. The lowest BCUT2D eigenvalue weighted by Gasteiger charge is -2.05. The highest BCUT2D eigenvalue weighted by atomic mass is 35.5. The number of aromatic nitrogens is 3. The Hall–Kier alpha value is -3.38. The Labute approximate surface area is 165 Å². The molecule has 2 aromatic carbocycles. The molecule has 0 fully saturated rings. The smallest absolute Gasteiger partial charge is 0.337 e. The average Bonchev–Trinajstić information content (AvgIpc) is 3.05. The molecule has 0 bridgehead atoms. The first-order valence-corrected chi connectivity index (χ1v) is 8.93. The third kappa shape index (κ3) is 2.97. The van der Waals surface area contributed by atoms with E-state index in [1.54, 1.807) is 30.3 Å². The van der Waals surface area contributed by atoms with Gasteiger partial charge in [0.25, 0.3) is 5.56 Å². The highest BCUT2D eigenvalue weighted by Gasteiger charge is 2.16. The van der Waals surface area contributed by atoms with Crippen LogP contribution in [0.1, 0.15) is 15.9 Å². The Balaban J connectivity index is 1.85. The monoisotopic (exact) mass is 393 g/mol. The van der Waals surface area contributed by atoms with Gasteiger partial charge in [0, 0.05) is 17.2 Å². The molecule has 0 aliphatic carbocycles. The number of nitrogens with zero attached hydrogens (tertiary/aromatic N) is 2. The second-order valence-electron chi connectivity index (χ2n) is 6.30. The van der Waals surface area contributed by atoms with Crippen molar-refractivity contribution in [2.45, 2.75) is 6.92 Å². The van der Waals surface area contributed by atoms with Crippen molar-refractivity contribution in [1.82, 2.24) is 14.6 Å². The van der Waals surface area contributed by atoms with Gasteiger partial charge < -0.3 is 9.72 Å². The van der Waals surface area contributed by atoms with Crippen LogP contribution in [0.25, 0.3) is 28.2 Å². The van der Waals surface area contributed by atoms with E-state index < -0.39 is 5.97 Å². The number of carbonyl (C=O) groups is 1. The number of rotatable bonds is 3. The Morgan fingerprint density at radius 2 is 1.86 bits per heavy atom. The fourth-order valence-electron chi connectivity index (χ4n) is 3.12. The first kappa shape index (κ1) is 18.0. The standard InChI is InChI=1S/C21H16ClN3O3/c1-12-19(15-5-3-4-6-16(15)22)24-25-18(26)11-17(23-20(12)25)13-7-9-14(10-8-13)21(27)28-2/h3-11,23H,1-2H3. The summed E-state index contributed by atoms with van der Waals surface area (Å²) < 4.78 is 6.04. The summed E-state index contributed by atoms with van der Waals surface area (Å²) in [5.41, 5.74) is 4.40. The van der Waals surface area contributed by atoms with Gasteiger partial charge in [0.05, 0.1) is 29.1 Å². The number of aromatic amines is 1. The van der Waals surface area contributed by atoms with Gasteiger partial charge >= 0.3 is 5.97 Å². The van der Waals surface area contributed by atoms with E-state index in [0.29, 0.717) is 27.6 Å². The van der Waals surface area contributed by atoms with Gasteiger partial charge in [-0.3, -0.25) is 4.79 Å². The maximum Gasteiger partial charge on any atom is 0.337 e. The van der Waals surface area contributed by atoms with Gasteiger partial charge in [-0.25, -0.2) is 4.79 Å². The van der Waals surface area contributed by atoms with Gasteiger partial charge in [-0.1, -0.05) is 41.9 Å². The molecule has 4 rings (SSSR count). The molecule has 0 aliphatic rings. The molecule has 7 heteroatoms. The molecule has 0 aliphatic heterocycles. The second-order valence-corrected chi connectivity index (χ2v) is 6.71. The fraction of sp³-hybridized carbons (Fsp3) is 0.0952. The zero-order valence-corrected chi connectivity index (χ0v) is 15.9. The molecule has 140 valence electrons. The third-order valence-corrected chi connectivity index (χ3v) is 4.93. The number of hydrogen-bond acceptors (Lipinski definition) is 4. The summed E-state index contributed by atoms with van der Waals surface area (Å²) >= 11 is 6.30. The van der Waals surface area contributed by atoms with Gasteiger partial charge in [0.1, 0.15) is 5.65 Å². The van der Waals surface area contributed by atoms with Crippen molar-refractivity contribution in [1.29, 1.82) is 0 Å². The Morgan fingerprint density at radius 3 is 2.54 bits per heavy atom. The van der Waals surface area contributed by atoms with Crippen molar-refractivity contribution < 1.29 is 9.53 Å². The predicted molar refractivity (Wildman–Crippen MR) is 108 cm³/mol. The third-order valence-electron chi connectivity index (χ3n) is 4.60. The zero-order chi connectivity index (χ0) is 19.8. The van der Waals surface area contributed by atoms with Gasteiger partial charge in [0.2, 0.25) is 0 Å². The molecule has 0 radical (unpaired) electrons. The number of ether oxygens (including phenoxy) is 1. The van der Waals surface area contributed by atoms with Crippen LogP contribution < -0.4 is 5.56 Å². The van der Waals surface area contributed by atoms with Crippen LogP contribution in [0.5, 0.6) is 0 Å². The molecule has 4 aromatic rings. The maximum atomic E-state index is 12.6. The van der Waals surface area contributed by atoms with Crippen molar-refractivity contribution >= 4 is 23.2 Å². The zero-order valence-electron chi connectivity index (χ0n) is 15.2. The van der Waals surface area contributed by atoms with Gasteiger partial charge in [0.15, 0.2) is 0 Å². The first-order valence-electron chi connectivity index (χ1n) is 8.56. The van der Waals surface area contributed by atoms with Crippen LogP contribution in [0.15, 0.2) is 59.4 Å². The summed E-state index contributed by atoms with van der Waals surface area (Å²) in [7, 11) is 1.33. The Kier molecular flexibility index (Phi) is 4.49. The molecule has 2 aromatic heterocycles. The van der Waals surface area contributed by atoms with E-state index in [0.717, 1.165) is 16.7 Å². The minimum absolute atomic E-state index is 0.262. The highest BCUT2D eigenvalue weighted by molar-refractivity contribution is 6.33. The SMILES string of the molecule is COC(=O)c1ccc(-c2cc(=O)n3nc(-c4ccccc4Cl)c(C)c3[nH]2)cc1. The van der Waals surface area contributed by atoms with Gasteiger partial charge in [-0.2, -0.15) is 9.61 Å².